The number of sulfonamides is 1. The van der Waals surface area contributed by atoms with Gasteiger partial charge in [-0.3, -0.25) is 19.2 Å². The van der Waals surface area contributed by atoms with Gasteiger partial charge in [-0.05, 0) is 36.8 Å². The number of carbonyl (C=O) groups is 1. The van der Waals surface area contributed by atoms with Crippen molar-refractivity contribution >= 4 is 38.9 Å². The number of amides is 1. The summed E-state index contributed by atoms with van der Waals surface area (Å²) >= 11 is 5.82. The molecule has 0 fully saturated rings. The predicted molar refractivity (Wildman–Crippen MR) is 122 cm³/mol. The highest BCUT2D eigenvalue weighted by Gasteiger charge is 2.29. The van der Waals surface area contributed by atoms with Gasteiger partial charge in [-0.2, -0.15) is 0 Å². The maximum atomic E-state index is 13.4. The van der Waals surface area contributed by atoms with Gasteiger partial charge < -0.3 is 5.32 Å². The van der Waals surface area contributed by atoms with Gasteiger partial charge in [-0.1, -0.05) is 60.1 Å². The molecule has 3 aromatic carbocycles. The molecule has 0 aliphatic carbocycles. The number of carbonyl (C=O) groups excluding carboxylic acids is 1. The second kappa shape index (κ2) is 9.80. The van der Waals surface area contributed by atoms with Gasteiger partial charge in [0.2, 0.25) is 5.91 Å². The van der Waals surface area contributed by atoms with Gasteiger partial charge in [0.1, 0.15) is 11.6 Å². The minimum Gasteiger partial charge on any atom is -0.348 e. The molecule has 3 aromatic rings. The fourth-order valence-corrected chi connectivity index (χ4v) is 4.70. The zero-order chi connectivity index (χ0) is 23.3. The average molecular weight is 474 g/mol. The van der Waals surface area contributed by atoms with E-state index in [1.807, 2.05) is 30.3 Å². The molecule has 1 atom stereocenters. The van der Waals surface area contributed by atoms with E-state index in [4.69, 9.17) is 11.6 Å². The van der Waals surface area contributed by atoms with Crippen molar-refractivity contribution in [3.8, 4) is 0 Å². The van der Waals surface area contributed by atoms with Crippen molar-refractivity contribution in [1.29, 1.82) is 0 Å². The van der Waals surface area contributed by atoms with E-state index in [0.29, 0.717) is 0 Å². The maximum Gasteiger partial charge on any atom is 0.289 e. The third-order valence-electron chi connectivity index (χ3n) is 4.71. The number of hydrogen-bond acceptors (Lipinski definition) is 5. The minimum atomic E-state index is -4.31. The van der Waals surface area contributed by atoms with Gasteiger partial charge in [0.05, 0.1) is 21.5 Å². The molecular weight excluding hydrogens is 454 g/mol. The van der Waals surface area contributed by atoms with Crippen LogP contribution in [-0.4, -0.2) is 25.8 Å². The first-order valence-electron chi connectivity index (χ1n) is 9.56. The highest BCUT2D eigenvalue weighted by molar-refractivity contribution is 7.92. The maximum absolute atomic E-state index is 13.4. The van der Waals surface area contributed by atoms with Crippen LogP contribution in [0.25, 0.3) is 0 Å². The van der Waals surface area contributed by atoms with Gasteiger partial charge in [0.15, 0.2) is 0 Å². The topological polar surface area (TPSA) is 110 Å². The molecule has 0 radical (unpaired) electrons. The van der Waals surface area contributed by atoms with E-state index in [2.05, 4.69) is 5.32 Å². The second-order valence-electron chi connectivity index (χ2n) is 6.92. The number of nitro groups is 1. The average Bonchev–Trinajstić information content (AvgIpc) is 2.78. The van der Waals surface area contributed by atoms with E-state index in [9.17, 15) is 23.3 Å². The van der Waals surface area contributed by atoms with Crippen molar-refractivity contribution < 1.29 is 18.1 Å². The summed E-state index contributed by atoms with van der Waals surface area (Å²) in [6, 6.07) is 20.1. The van der Waals surface area contributed by atoms with Crippen molar-refractivity contribution in [2.75, 3.05) is 10.8 Å². The lowest BCUT2D eigenvalue weighted by Crippen LogP contribution is -2.41. The van der Waals surface area contributed by atoms with E-state index >= 15 is 0 Å². The van der Waals surface area contributed by atoms with Crippen LogP contribution in [0.5, 0.6) is 0 Å². The molecule has 3 rings (SSSR count). The van der Waals surface area contributed by atoms with Crippen LogP contribution in [0.3, 0.4) is 0 Å². The molecule has 1 N–H and O–H groups in total. The van der Waals surface area contributed by atoms with Crippen LogP contribution in [0.2, 0.25) is 5.02 Å². The standard InChI is InChI=1S/C22H20ClN3O5S/c1-16(17-8-4-2-5-9-17)24-22(27)15-25(18-10-6-3-7-11-18)32(30,31)19-12-13-20(23)21(14-19)26(28)29/h2-14,16H,15H2,1H3,(H,24,27). The summed E-state index contributed by atoms with van der Waals surface area (Å²) in [5.74, 6) is -0.530. The van der Waals surface area contributed by atoms with Gasteiger partial charge in [0.25, 0.3) is 15.7 Å². The van der Waals surface area contributed by atoms with Crippen LogP contribution in [0, 0.1) is 10.1 Å². The first-order chi connectivity index (χ1) is 15.2. The Bertz CT molecular complexity index is 1220. The summed E-state index contributed by atoms with van der Waals surface area (Å²) in [6.45, 7) is 1.27. The number of halogens is 1. The Morgan fingerprint density at radius 1 is 1.06 bits per heavy atom. The van der Waals surface area contributed by atoms with Crippen molar-refractivity contribution in [1.82, 2.24) is 5.32 Å². The molecule has 0 bridgehead atoms. The van der Waals surface area contributed by atoms with Gasteiger partial charge >= 0.3 is 0 Å². The molecule has 0 spiro atoms. The molecule has 10 heteroatoms. The lowest BCUT2D eigenvalue weighted by atomic mass is 10.1. The van der Waals surface area contributed by atoms with Crippen LogP contribution in [0.1, 0.15) is 18.5 Å². The monoisotopic (exact) mass is 473 g/mol. The quantitative estimate of drug-likeness (QED) is 0.387. The Morgan fingerprint density at radius 3 is 2.25 bits per heavy atom. The number of rotatable bonds is 8. The van der Waals surface area contributed by atoms with Crippen molar-refractivity contribution in [3.05, 3.63) is 99.6 Å². The van der Waals surface area contributed by atoms with Crippen LogP contribution in [0.4, 0.5) is 11.4 Å². The molecule has 32 heavy (non-hydrogen) atoms. The smallest absolute Gasteiger partial charge is 0.289 e. The highest BCUT2D eigenvalue weighted by atomic mass is 35.5. The molecule has 166 valence electrons. The van der Waals surface area contributed by atoms with E-state index < -0.39 is 33.1 Å². The van der Waals surface area contributed by atoms with E-state index in [-0.39, 0.29) is 21.6 Å². The van der Waals surface area contributed by atoms with Crippen molar-refractivity contribution in [3.63, 3.8) is 0 Å². The first-order valence-corrected chi connectivity index (χ1v) is 11.4. The van der Waals surface area contributed by atoms with Crippen molar-refractivity contribution in [2.24, 2.45) is 0 Å². The van der Waals surface area contributed by atoms with Crippen molar-refractivity contribution in [2.45, 2.75) is 17.9 Å². The lowest BCUT2D eigenvalue weighted by Gasteiger charge is -2.25. The molecule has 1 amide bonds. The molecule has 0 aliphatic rings. The molecule has 0 saturated carbocycles. The zero-order valence-corrected chi connectivity index (χ0v) is 18.6. The van der Waals surface area contributed by atoms with Gasteiger partial charge in [-0.25, -0.2) is 8.42 Å². The highest BCUT2D eigenvalue weighted by Crippen LogP contribution is 2.30. The molecule has 0 saturated heterocycles. The number of nitro benzene ring substituents is 1. The summed E-state index contributed by atoms with van der Waals surface area (Å²) in [4.78, 5) is 22.9. The predicted octanol–water partition coefficient (Wildman–Crippen LogP) is 4.32. The Labute approximate surface area is 190 Å². The molecule has 0 aliphatic heterocycles. The Balaban J connectivity index is 1.94. The number of nitrogens with zero attached hydrogens (tertiary/aromatic N) is 2. The first kappa shape index (κ1) is 23.2. The Morgan fingerprint density at radius 2 is 1.66 bits per heavy atom. The Hall–Kier alpha value is -3.43. The van der Waals surface area contributed by atoms with Gasteiger partial charge in [-0.15, -0.1) is 0 Å². The van der Waals surface area contributed by atoms with Crippen LogP contribution in [0.15, 0.2) is 83.8 Å². The Kier molecular flexibility index (Phi) is 7.12. The van der Waals surface area contributed by atoms with Gasteiger partial charge in [0, 0.05) is 6.07 Å². The van der Waals surface area contributed by atoms with Crippen LogP contribution >= 0.6 is 11.6 Å². The summed E-state index contributed by atoms with van der Waals surface area (Å²) in [5.41, 5.74) is 0.568. The largest absolute Gasteiger partial charge is 0.348 e. The zero-order valence-electron chi connectivity index (χ0n) is 17.0. The number of hydrogen-bond donors (Lipinski definition) is 1. The lowest BCUT2D eigenvalue weighted by molar-refractivity contribution is -0.384. The molecule has 8 nitrogen and oxygen atoms in total. The SMILES string of the molecule is CC(NC(=O)CN(c1ccccc1)S(=O)(=O)c1ccc(Cl)c([N+](=O)[O-])c1)c1ccccc1. The van der Waals surface area contributed by atoms with E-state index in [1.165, 1.54) is 18.2 Å². The normalized spacial score (nSPS) is 12.1. The fraction of sp³-hybridized carbons (Fsp3) is 0.136. The number of anilines is 1. The molecule has 1 unspecified atom stereocenters. The van der Waals surface area contributed by atoms with E-state index in [0.717, 1.165) is 22.0 Å². The van der Waals surface area contributed by atoms with Crippen LogP contribution in [-0.2, 0) is 14.8 Å². The van der Waals surface area contributed by atoms with E-state index in [1.54, 1.807) is 25.1 Å². The number of nitrogens with one attached hydrogen (secondary N) is 1. The molecule has 0 heterocycles. The fourth-order valence-electron chi connectivity index (χ4n) is 3.07. The summed E-state index contributed by atoms with van der Waals surface area (Å²) in [5, 5.41) is 13.8. The molecule has 0 aromatic heterocycles. The van der Waals surface area contributed by atoms with Crippen LogP contribution < -0.4 is 9.62 Å². The summed E-state index contributed by atoms with van der Waals surface area (Å²) < 4.78 is 27.7. The third kappa shape index (κ3) is 5.24. The third-order valence-corrected chi connectivity index (χ3v) is 6.80. The summed E-state index contributed by atoms with van der Waals surface area (Å²) in [6.07, 6.45) is 0. The summed E-state index contributed by atoms with van der Waals surface area (Å²) in [7, 11) is -4.31. The molecular formula is C22H20ClN3O5S. The number of benzene rings is 3. The second-order valence-corrected chi connectivity index (χ2v) is 9.19. The minimum absolute atomic E-state index is 0.186. The number of para-hydroxylation sites is 1.